The zero-order chi connectivity index (χ0) is 2.00. The Labute approximate surface area is 75.1 Å². The minimum absolute atomic E-state index is 0. The topological polar surface area (TPSA) is 17.1 Å². The summed E-state index contributed by atoms with van der Waals surface area (Å²) < 4.78 is 0. The van der Waals surface area contributed by atoms with E-state index < -0.39 is 0 Å². The monoisotopic (exact) mass is 158 g/mol. The van der Waals surface area contributed by atoms with Crippen LogP contribution in [-0.4, -0.2) is 36.3 Å². The van der Waals surface area contributed by atoms with E-state index in [0.717, 1.165) is 0 Å². The van der Waals surface area contributed by atoms with Gasteiger partial charge in [-0.1, -0.05) is 0 Å². The van der Waals surface area contributed by atoms with Crippen LogP contribution in [-0.2, 0) is 39.5 Å². The van der Waals surface area contributed by atoms with E-state index in [1.54, 1.807) is 0 Å². The Balaban J connectivity index is -0.00000000167. The maximum atomic E-state index is 8.00. The molecule has 0 unspecified atom stereocenters. The fraction of sp³-hybridized carbons (Fsp3) is 0. The van der Waals surface area contributed by atoms with Gasteiger partial charge in [0.15, 0.2) is 0 Å². The van der Waals surface area contributed by atoms with Gasteiger partial charge in [0.25, 0.3) is 0 Å². The van der Waals surface area contributed by atoms with Crippen molar-refractivity contribution in [1.29, 1.82) is 0 Å². The Morgan fingerprint density at radius 1 is 1.00 bits per heavy atom. The van der Waals surface area contributed by atoms with Crippen molar-refractivity contribution >= 4 is 36.3 Å². The summed E-state index contributed by atoms with van der Waals surface area (Å²) in [7, 11) is 0. The predicted octanol–water partition coefficient (Wildman–Crippen LogP) is -0.838. The standard InChI is InChI=1S/CH2O.2Cr.Na.H/c1-2;;;;/h1H2;;;;. The van der Waals surface area contributed by atoms with Crippen LogP contribution in [0.4, 0.5) is 0 Å². The fourth-order valence-electron chi connectivity index (χ4n) is 0. The number of hydrogen-bond donors (Lipinski definition) is 0. The van der Waals surface area contributed by atoms with Crippen molar-refractivity contribution in [1.82, 2.24) is 0 Å². The van der Waals surface area contributed by atoms with Gasteiger partial charge in [-0.15, -0.1) is 0 Å². The number of rotatable bonds is 0. The molecule has 0 aromatic rings. The average molecular weight is 158 g/mol. The van der Waals surface area contributed by atoms with Crippen LogP contribution in [0.5, 0.6) is 0 Å². The molecule has 1 nitrogen and oxygen atoms in total. The Morgan fingerprint density at radius 2 is 1.00 bits per heavy atom. The Hall–Kier alpha value is 1.73. The number of carbonyl (C=O) groups excluding carboxylic acids is 1. The molecule has 0 N–H and O–H groups in total. The van der Waals surface area contributed by atoms with Gasteiger partial charge in [-0.25, -0.2) is 0 Å². The molecule has 26 valence electrons. The zero-order valence-electron chi connectivity index (χ0n) is 1.93. The van der Waals surface area contributed by atoms with E-state index >= 15 is 0 Å². The molecule has 0 aromatic carbocycles. The van der Waals surface area contributed by atoms with Gasteiger partial charge in [0.1, 0.15) is 6.79 Å². The Kier molecular flexibility index (Phi) is 253. The SMILES string of the molecule is C=O.[Cr].[Cr].[NaH]. The molecular formula is CH3Cr2NaO. The molecular weight excluding hydrogens is 155 g/mol. The van der Waals surface area contributed by atoms with Crippen LogP contribution in [0.1, 0.15) is 0 Å². The third-order valence-corrected chi connectivity index (χ3v) is 0. The van der Waals surface area contributed by atoms with Crippen molar-refractivity contribution in [3.8, 4) is 0 Å². The van der Waals surface area contributed by atoms with Crippen LogP contribution in [0.2, 0.25) is 0 Å². The van der Waals surface area contributed by atoms with Crippen LogP contribution < -0.4 is 0 Å². The average Bonchev–Trinajstić information content (AvgIpc) is 1.00. The first-order valence-corrected chi connectivity index (χ1v) is 0.289. The summed E-state index contributed by atoms with van der Waals surface area (Å²) in [6, 6.07) is 0. The van der Waals surface area contributed by atoms with Crippen molar-refractivity contribution in [3.63, 3.8) is 0 Å². The summed E-state index contributed by atoms with van der Waals surface area (Å²) in [5.74, 6) is 0. The summed E-state index contributed by atoms with van der Waals surface area (Å²) in [5, 5.41) is 0. The molecule has 4 heteroatoms. The van der Waals surface area contributed by atoms with Crippen LogP contribution in [0.25, 0.3) is 0 Å². The predicted molar refractivity (Wildman–Crippen MR) is 14.3 cm³/mol. The second-order valence-corrected chi connectivity index (χ2v) is 0. The summed E-state index contributed by atoms with van der Waals surface area (Å²) in [5.41, 5.74) is 0. The first-order valence-electron chi connectivity index (χ1n) is 0.289. The van der Waals surface area contributed by atoms with Gasteiger partial charge in [-0.3, -0.25) is 0 Å². The first-order chi connectivity index (χ1) is 1.00. The van der Waals surface area contributed by atoms with Gasteiger partial charge >= 0.3 is 29.6 Å². The number of carbonyl (C=O) groups is 1. The maximum absolute atomic E-state index is 8.00. The van der Waals surface area contributed by atoms with E-state index in [-0.39, 0.29) is 64.3 Å². The molecule has 0 bridgehead atoms. The first kappa shape index (κ1) is 29.6. The van der Waals surface area contributed by atoms with Crippen molar-refractivity contribution in [2.45, 2.75) is 0 Å². The van der Waals surface area contributed by atoms with Gasteiger partial charge in [0, 0.05) is 34.7 Å². The van der Waals surface area contributed by atoms with E-state index in [0.29, 0.717) is 0 Å². The summed E-state index contributed by atoms with van der Waals surface area (Å²) in [6.07, 6.45) is 0. The van der Waals surface area contributed by atoms with Crippen molar-refractivity contribution in [2.75, 3.05) is 0 Å². The van der Waals surface area contributed by atoms with E-state index in [1.165, 1.54) is 0 Å². The molecule has 0 atom stereocenters. The van der Waals surface area contributed by atoms with E-state index in [1.807, 2.05) is 6.79 Å². The number of hydrogen-bond acceptors (Lipinski definition) is 1. The molecule has 0 amide bonds. The van der Waals surface area contributed by atoms with E-state index in [4.69, 9.17) is 4.79 Å². The van der Waals surface area contributed by atoms with Gasteiger partial charge in [0.2, 0.25) is 0 Å². The van der Waals surface area contributed by atoms with Crippen LogP contribution in [0, 0.1) is 0 Å². The fourth-order valence-corrected chi connectivity index (χ4v) is 0. The van der Waals surface area contributed by atoms with Gasteiger partial charge in [-0.2, -0.15) is 0 Å². The second-order valence-electron chi connectivity index (χ2n) is 0. The molecule has 0 aliphatic heterocycles. The molecule has 5 heavy (non-hydrogen) atoms. The summed E-state index contributed by atoms with van der Waals surface area (Å²) in [4.78, 5) is 8.00. The summed E-state index contributed by atoms with van der Waals surface area (Å²) >= 11 is 0. The van der Waals surface area contributed by atoms with Gasteiger partial charge in [0.05, 0.1) is 0 Å². The van der Waals surface area contributed by atoms with Crippen LogP contribution in [0.3, 0.4) is 0 Å². The Morgan fingerprint density at radius 3 is 1.00 bits per heavy atom. The Bertz CT molecular complexity index is 9.61. The van der Waals surface area contributed by atoms with E-state index in [9.17, 15) is 0 Å². The van der Waals surface area contributed by atoms with Gasteiger partial charge < -0.3 is 4.79 Å². The van der Waals surface area contributed by atoms with Gasteiger partial charge in [-0.05, 0) is 0 Å². The molecule has 0 rings (SSSR count). The van der Waals surface area contributed by atoms with Crippen molar-refractivity contribution in [3.05, 3.63) is 0 Å². The third kappa shape index (κ3) is 26.6. The minimum atomic E-state index is 0. The molecule has 0 radical (unpaired) electrons. The quantitative estimate of drug-likeness (QED) is 0.420. The zero-order valence-corrected chi connectivity index (χ0v) is 4.48. The molecule has 0 saturated heterocycles. The molecule has 0 saturated carbocycles. The van der Waals surface area contributed by atoms with Crippen LogP contribution >= 0.6 is 0 Å². The molecule has 0 aromatic heterocycles. The molecule has 0 fully saturated rings. The molecule has 0 spiro atoms. The second kappa shape index (κ2) is 42.7. The van der Waals surface area contributed by atoms with Crippen molar-refractivity contribution in [2.24, 2.45) is 0 Å². The molecule has 0 aliphatic rings. The normalized spacial score (nSPS) is 0.800. The van der Waals surface area contributed by atoms with Crippen LogP contribution in [0.15, 0.2) is 0 Å². The van der Waals surface area contributed by atoms with Crippen molar-refractivity contribution < 1.29 is 39.5 Å². The third-order valence-electron chi connectivity index (χ3n) is 0. The molecule has 0 aliphatic carbocycles. The molecule has 0 heterocycles. The summed E-state index contributed by atoms with van der Waals surface area (Å²) in [6.45, 7) is 2.00. The van der Waals surface area contributed by atoms with E-state index in [2.05, 4.69) is 0 Å².